The predicted molar refractivity (Wildman–Crippen MR) is 72.5 cm³/mol. The topological polar surface area (TPSA) is 55.4 Å². The van der Waals surface area contributed by atoms with Crippen molar-refractivity contribution in [2.24, 2.45) is 5.92 Å². The number of Topliss-reactive ketones (excluding diaryl/α,β-unsaturated/α-hetero) is 1. The van der Waals surface area contributed by atoms with Crippen LogP contribution in [-0.2, 0) is 9.53 Å². The predicted octanol–water partition coefficient (Wildman–Crippen LogP) is 3.09. The van der Waals surface area contributed by atoms with Crippen molar-refractivity contribution in [3.05, 3.63) is 23.4 Å². The molecule has 0 heterocycles. The van der Waals surface area contributed by atoms with Gasteiger partial charge in [0.25, 0.3) is 0 Å². The summed E-state index contributed by atoms with van der Waals surface area (Å²) in [4.78, 5) is 23.8. The van der Waals surface area contributed by atoms with Gasteiger partial charge in [-0.2, -0.15) is 0 Å². The van der Waals surface area contributed by atoms with Crippen molar-refractivity contribution in [3.8, 4) is 0 Å². The molecule has 0 aromatic rings. The minimum Gasteiger partial charge on any atom is -0.444 e. The van der Waals surface area contributed by atoms with Gasteiger partial charge in [-0.3, -0.25) is 10.1 Å². The van der Waals surface area contributed by atoms with Gasteiger partial charge in [-0.15, -0.1) is 0 Å². The standard InChI is InChI=1S/C15H21NO3/c1-15(2,3)19-14(18)16-11-8-4-6-10-7-5-9-12(17)13(10)11/h4,8,10H,5-7,9H2,1-3H3,(H,16,18). The molecule has 0 aliphatic heterocycles. The SMILES string of the molecule is CC(C)(C)OC(=O)NC1=C2C(=O)CCCC2CC=C1. The third kappa shape index (κ3) is 3.46. The van der Waals surface area contributed by atoms with E-state index in [0.29, 0.717) is 12.1 Å². The lowest BCUT2D eigenvalue weighted by Gasteiger charge is -2.29. The molecule has 1 atom stereocenters. The first-order chi connectivity index (χ1) is 8.87. The van der Waals surface area contributed by atoms with E-state index in [2.05, 4.69) is 5.32 Å². The van der Waals surface area contributed by atoms with Crippen LogP contribution in [-0.4, -0.2) is 17.5 Å². The maximum atomic E-state index is 12.0. The molecule has 1 N–H and O–H groups in total. The van der Waals surface area contributed by atoms with E-state index in [1.54, 1.807) is 0 Å². The summed E-state index contributed by atoms with van der Waals surface area (Å²) in [7, 11) is 0. The van der Waals surface area contributed by atoms with Gasteiger partial charge >= 0.3 is 6.09 Å². The molecule has 1 unspecified atom stereocenters. The number of nitrogens with one attached hydrogen (secondary N) is 1. The summed E-state index contributed by atoms with van der Waals surface area (Å²) in [5.74, 6) is 0.419. The molecule has 2 rings (SSSR count). The van der Waals surface area contributed by atoms with Gasteiger partial charge in [-0.25, -0.2) is 4.79 Å². The number of fused-ring (bicyclic) bond motifs is 1. The third-order valence-electron chi connectivity index (χ3n) is 3.30. The number of alkyl carbamates (subject to hydrolysis) is 1. The monoisotopic (exact) mass is 263 g/mol. The largest absolute Gasteiger partial charge is 0.444 e. The van der Waals surface area contributed by atoms with Gasteiger partial charge in [0.1, 0.15) is 5.60 Å². The number of rotatable bonds is 1. The highest BCUT2D eigenvalue weighted by molar-refractivity contribution is 5.98. The normalized spacial score (nSPS) is 23.1. The Hall–Kier alpha value is -1.58. The number of allylic oxidation sites excluding steroid dienone is 3. The van der Waals surface area contributed by atoms with Crippen LogP contribution in [0.25, 0.3) is 0 Å². The van der Waals surface area contributed by atoms with E-state index in [1.807, 2.05) is 32.9 Å². The Kier molecular flexibility index (Phi) is 3.78. The lowest BCUT2D eigenvalue weighted by Crippen LogP contribution is -2.34. The lowest BCUT2D eigenvalue weighted by atomic mass is 9.78. The van der Waals surface area contributed by atoms with Crippen molar-refractivity contribution in [2.75, 3.05) is 0 Å². The lowest BCUT2D eigenvalue weighted by molar-refractivity contribution is -0.117. The molecular weight excluding hydrogens is 242 g/mol. The number of carbonyl (C=O) groups is 2. The highest BCUT2D eigenvalue weighted by Crippen LogP contribution is 2.34. The number of amides is 1. The first-order valence-corrected chi connectivity index (χ1v) is 6.81. The smallest absolute Gasteiger partial charge is 0.412 e. The van der Waals surface area contributed by atoms with Crippen LogP contribution >= 0.6 is 0 Å². The second-order valence-corrected chi connectivity index (χ2v) is 6.10. The van der Waals surface area contributed by atoms with Gasteiger partial charge in [-0.05, 0) is 52.0 Å². The summed E-state index contributed by atoms with van der Waals surface area (Å²) in [6, 6.07) is 0. The van der Waals surface area contributed by atoms with Crippen LogP contribution in [0.1, 0.15) is 46.5 Å². The Morgan fingerprint density at radius 3 is 2.84 bits per heavy atom. The molecule has 0 radical (unpaired) electrons. The fourth-order valence-electron chi connectivity index (χ4n) is 2.58. The molecule has 0 saturated heterocycles. The quantitative estimate of drug-likeness (QED) is 0.791. The van der Waals surface area contributed by atoms with Crippen LogP contribution in [0.4, 0.5) is 4.79 Å². The van der Waals surface area contributed by atoms with Crippen LogP contribution in [0.3, 0.4) is 0 Å². The van der Waals surface area contributed by atoms with Crippen LogP contribution < -0.4 is 5.32 Å². The average molecular weight is 263 g/mol. The molecule has 1 saturated carbocycles. The van der Waals surface area contributed by atoms with E-state index in [4.69, 9.17) is 4.74 Å². The Bertz CT molecular complexity index is 455. The zero-order valence-corrected chi connectivity index (χ0v) is 11.8. The number of carbonyl (C=O) groups excluding carboxylic acids is 2. The minimum absolute atomic E-state index is 0.159. The third-order valence-corrected chi connectivity index (χ3v) is 3.30. The number of ether oxygens (including phenoxy) is 1. The van der Waals surface area contributed by atoms with E-state index >= 15 is 0 Å². The molecule has 0 bridgehead atoms. The molecule has 1 amide bonds. The molecule has 104 valence electrons. The van der Waals surface area contributed by atoms with Crippen molar-refractivity contribution in [1.29, 1.82) is 0 Å². The summed E-state index contributed by atoms with van der Waals surface area (Å²) in [5.41, 5.74) is 0.860. The maximum absolute atomic E-state index is 12.0. The van der Waals surface area contributed by atoms with Gasteiger partial charge in [0.05, 0.1) is 5.70 Å². The van der Waals surface area contributed by atoms with Crippen LogP contribution in [0.5, 0.6) is 0 Å². The highest BCUT2D eigenvalue weighted by Gasteiger charge is 2.30. The Morgan fingerprint density at radius 1 is 1.42 bits per heavy atom. The second kappa shape index (κ2) is 5.19. The van der Waals surface area contributed by atoms with Crippen LogP contribution in [0.2, 0.25) is 0 Å². The van der Waals surface area contributed by atoms with E-state index in [-0.39, 0.29) is 11.7 Å². The van der Waals surface area contributed by atoms with Gasteiger partial charge < -0.3 is 4.74 Å². The van der Waals surface area contributed by atoms with Crippen molar-refractivity contribution in [1.82, 2.24) is 5.32 Å². The molecule has 2 aliphatic carbocycles. The van der Waals surface area contributed by atoms with Gasteiger partial charge in [-0.1, -0.05) is 6.08 Å². The molecule has 1 fully saturated rings. The minimum atomic E-state index is -0.538. The summed E-state index contributed by atoms with van der Waals surface area (Å²) < 4.78 is 5.23. The van der Waals surface area contributed by atoms with E-state index in [1.165, 1.54) is 0 Å². The van der Waals surface area contributed by atoms with E-state index in [0.717, 1.165) is 24.8 Å². The molecule has 0 aromatic heterocycles. The molecule has 0 aromatic carbocycles. The summed E-state index contributed by atoms with van der Waals surface area (Å²) >= 11 is 0. The second-order valence-electron chi connectivity index (χ2n) is 6.10. The van der Waals surface area contributed by atoms with Crippen LogP contribution in [0, 0.1) is 5.92 Å². The van der Waals surface area contributed by atoms with Crippen molar-refractivity contribution < 1.29 is 14.3 Å². The highest BCUT2D eigenvalue weighted by atomic mass is 16.6. The Balaban J connectivity index is 2.15. The zero-order valence-electron chi connectivity index (χ0n) is 11.8. The molecule has 19 heavy (non-hydrogen) atoms. The van der Waals surface area contributed by atoms with E-state index in [9.17, 15) is 9.59 Å². The molecular formula is C15H21NO3. The van der Waals surface area contributed by atoms with Crippen molar-refractivity contribution in [3.63, 3.8) is 0 Å². The molecule has 0 spiro atoms. The number of ketones is 1. The molecule has 4 heteroatoms. The first-order valence-electron chi connectivity index (χ1n) is 6.81. The Morgan fingerprint density at radius 2 is 2.16 bits per heavy atom. The van der Waals surface area contributed by atoms with Crippen molar-refractivity contribution >= 4 is 11.9 Å². The number of hydrogen-bond donors (Lipinski definition) is 1. The summed E-state index contributed by atoms with van der Waals surface area (Å²) in [5, 5.41) is 2.72. The average Bonchev–Trinajstić information content (AvgIpc) is 2.26. The summed E-state index contributed by atoms with van der Waals surface area (Å²) in [6.45, 7) is 5.45. The fourth-order valence-corrected chi connectivity index (χ4v) is 2.58. The van der Waals surface area contributed by atoms with Gasteiger partial charge in [0.15, 0.2) is 5.78 Å². The first kappa shape index (κ1) is 13.8. The zero-order chi connectivity index (χ0) is 14.0. The summed E-state index contributed by atoms with van der Waals surface area (Å²) in [6.07, 6.45) is 6.77. The van der Waals surface area contributed by atoms with Gasteiger partial charge in [0, 0.05) is 12.0 Å². The van der Waals surface area contributed by atoms with Crippen LogP contribution in [0.15, 0.2) is 23.4 Å². The number of hydrogen-bond acceptors (Lipinski definition) is 3. The maximum Gasteiger partial charge on any atom is 0.412 e. The molecule has 4 nitrogen and oxygen atoms in total. The van der Waals surface area contributed by atoms with Crippen molar-refractivity contribution in [2.45, 2.75) is 52.1 Å². The van der Waals surface area contributed by atoms with Gasteiger partial charge in [0.2, 0.25) is 0 Å². The van der Waals surface area contributed by atoms with E-state index < -0.39 is 11.7 Å². The Labute approximate surface area is 113 Å². The molecule has 2 aliphatic rings. The fraction of sp³-hybridized carbons (Fsp3) is 0.600.